The van der Waals surface area contributed by atoms with Gasteiger partial charge in [-0.25, -0.2) is 19.5 Å². The second-order valence-corrected chi connectivity index (χ2v) is 12.6. The van der Waals surface area contributed by atoms with Crippen molar-refractivity contribution in [3.05, 3.63) is 106 Å². The van der Waals surface area contributed by atoms with Gasteiger partial charge in [0, 0.05) is 72.5 Å². The molecular formula is C36H33Cl2N9O3. The van der Waals surface area contributed by atoms with Crippen LogP contribution < -0.4 is 20.7 Å². The molecule has 254 valence electrons. The zero-order valence-corrected chi connectivity index (χ0v) is 28.6. The maximum absolute atomic E-state index is 12.8. The van der Waals surface area contributed by atoms with E-state index in [-0.39, 0.29) is 23.6 Å². The van der Waals surface area contributed by atoms with Crippen molar-refractivity contribution in [2.45, 2.75) is 31.8 Å². The second kappa shape index (κ2) is 14.7. The highest BCUT2D eigenvalue weighted by Crippen LogP contribution is 2.42. The van der Waals surface area contributed by atoms with Crippen LogP contribution in [0.3, 0.4) is 0 Å². The van der Waals surface area contributed by atoms with Gasteiger partial charge in [-0.05, 0) is 24.6 Å². The van der Waals surface area contributed by atoms with E-state index in [4.69, 9.17) is 38.0 Å². The summed E-state index contributed by atoms with van der Waals surface area (Å²) < 4.78 is 7.21. The highest BCUT2D eigenvalue weighted by molar-refractivity contribution is 6.39. The predicted octanol–water partition coefficient (Wildman–Crippen LogP) is 5.50. The summed E-state index contributed by atoms with van der Waals surface area (Å²) in [5.74, 6) is 0.286. The van der Waals surface area contributed by atoms with E-state index in [1.54, 1.807) is 36.4 Å². The minimum absolute atomic E-state index is 0.0925. The number of fused-ring (bicyclic) bond motifs is 1. The van der Waals surface area contributed by atoms with Crippen molar-refractivity contribution in [1.29, 1.82) is 0 Å². The maximum atomic E-state index is 12.8. The third-order valence-corrected chi connectivity index (χ3v) is 9.35. The first kappa shape index (κ1) is 33.2. The first-order chi connectivity index (χ1) is 24.4. The quantitative estimate of drug-likeness (QED) is 0.130. The highest BCUT2D eigenvalue weighted by atomic mass is 35.5. The van der Waals surface area contributed by atoms with Crippen molar-refractivity contribution in [2.24, 2.45) is 0 Å². The number of nitrogens with one attached hydrogen (secondary N) is 4. The number of hydrogen-bond acceptors (Lipinski definition) is 8. The summed E-state index contributed by atoms with van der Waals surface area (Å²) in [4.78, 5) is 40.6. The second-order valence-electron chi connectivity index (χ2n) is 11.8. The van der Waals surface area contributed by atoms with E-state index < -0.39 is 0 Å². The van der Waals surface area contributed by atoms with Gasteiger partial charge < -0.3 is 25.7 Å². The molecule has 4 aromatic heterocycles. The van der Waals surface area contributed by atoms with E-state index in [9.17, 15) is 9.59 Å². The van der Waals surface area contributed by atoms with Gasteiger partial charge in [0.2, 0.25) is 11.8 Å². The molecule has 12 nitrogen and oxygen atoms in total. The molecule has 1 aliphatic heterocycles. The van der Waals surface area contributed by atoms with Crippen molar-refractivity contribution in [1.82, 2.24) is 45.5 Å². The first-order valence-electron chi connectivity index (χ1n) is 16.1. The lowest BCUT2D eigenvalue weighted by Crippen LogP contribution is -2.35. The Labute approximate surface area is 297 Å². The van der Waals surface area contributed by atoms with E-state index in [2.05, 4.69) is 30.9 Å². The normalized spacial score (nSPS) is 14.2. The fourth-order valence-corrected chi connectivity index (χ4v) is 6.62. The molecule has 2 aromatic carbocycles. The molecule has 0 saturated carbocycles. The molecule has 50 heavy (non-hydrogen) atoms. The number of pyridine rings is 1. The fourth-order valence-electron chi connectivity index (χ4n) is 5.98. The van der Waals surface area contributed by atoms with Crippen LogP contribution in [0.5, 0.6) is 5.88 Å². The minimum Gasteiger partial charge on any atom is -0.481 e. The highest BCUT2D eigenvalue weighted by Gasteiger charge is 2.21. The number of amides is 2. The molecule has 0 radical (unpaired) electrons. The summed E-state index contributed by atoms with van der Waals surface area (Å²) in [7, 11) is 1.59. The number of aromatic nitrogens is 6. The Morgan fingerprint density at radius 3 is 2.42 bits per heavy atom. The smallest absolute Gasteiger partial charge is 0.271 e. The zero-order valence-electron chi connectivity index (χ0n) is 27.0. The Morgan fingerprint density at radius 1 is 0.980 bits per heavy atom. The summed E-state index contributed by atoms with van der Waals surface area (Å²) in [5, 5.41) is 14.9. The Kier molecular flexibility index (Phi) is 9.74. The SMILES string of the molecule is COc1nc(-c2cccc(-c3cccc(-c4ccc5nc(C(=O)NCCc6c[nH]cn6)cn5n4)c3Cl)c2Cl)ccc1CNC[C@@H]1CCC(=O)N1. The van der Waals surface area contributed by atoms with Crippen LogP contribution in [-0.2, 0) is 17.8 Å². The molecule has 14 heteroatoms. The van der Waals surface area contributed by atoms with Gasteiger partial charge in [-0.15, -0.1) is 0 Å². The van der Waals surface area contributed by atoms with E-state index in [1.165, 1.54) is 0 Å². The van der Waals surface area contributed by atoms with E-state index in [1.807, 2.05) is 54.6 Å². The summed E-state index contributed by atoms with van der Waals surface area (Å²) in [6.07, 6.45) is 6.99. The summed E-state index contributed by atoms with van der Waals surface area (Å²) >= 11 is 14.1. The third kappa shape index (κ3) is 7.04. The van der Waals surface area contributed by atoms with Gasteiger partial charge in [0.15, 0.2) is 5.65 Å². The van der Waals surface area contributed by atoms with Crippen molar-refractivity contribution in [3.63, 3.8) is 0 Å². The molecule has 6 aromatic rings. The number of hydrogen-bond donors (Lipinski definition) is 4. The number of methoxy groups -OCH3 is 1. The number of ether oxygens (including phenoxy) is 1. The van der Waals surface area contributed by atoms with Crippen LogP contribution in [-0.4, -0.2) is 67.6 Å². The average molecular weight is 711 g/mol. The lowest BCUT2D eigenvalue weighted by molar-refractivity contribution is -0.119. The molecule has 0 aliphatic carbocycles. The van der Waals surface area contributed by atoms with Crippen LogP contribution in [0.2, 0.25) is 10.0 Å². The van der Waals surface area contributed by atoms with Crippen molar-refractivity contribution >= 4 is 40.7 Å². The molecule has 4 N–H and O–H groups in total. The molecule has 0 unspecified atom stereocenters. The molecule has 1 aliphatic rings. The number of carbonyl (C=O) groups excluding carboxylic acids is 2. The predicted molar refractivity (Wildman–Crippen MR) is 191 cm³/mol. The Bertz CT molecular complexity index is 2190. The number of halogens is 2. The molecule has 2 amide bonds. The van der Waals surface area contributed by atoms with Gasteiger partial charge in [-0.2, -0.15) is 5.10 Å². The number of aromatic amines is 1. The number of nitrogens with zero attached hydrogens (tertiary/aromatic N) is 5. The molecule has 5 heterocycles. The fraction of sp³-hybridized carbons (Fsp3) is 0.222. The summed E-state index contributed by atoms with van der Waals surface area (Å²) in [6, 6.07) is 19.1. The van der Waals surface area contributed by atoms with Crippen molar-refractivity contribution < 1.29 is 14.3 Å². The van der Waals surface area contributed by atoms with Crippen LogP contribution in [0.15, 0.2) is 79.4 Å². The Balaban J connectivity index is 1.10. The zero-order chi connectivity index (χ0) is 34.6. The molecule has 1 fully saturated rings. The number of H-pyrrole nitrogens is 1. The summed E-state index contributed by atoms with van der Waals surface area (Å²) in [5.41, 5.74) is 6.68. The van der Waals surface area contributed by atoms with E-state index in [0.717, 1.165) is 34.4 Å². The van der Waals surface area contributed by atoms with E-state index >= 15 is 0 Å². The Hall–Kier alpha value is -5.30. The molecule has 0 bridgehead atoms. The largest absolute Gasteiger partial charge is 0.481 e. The molecule has 0 spiro atoms. The minimum atomic E-state index is -0.295. The van der Waals surface area contributed by atoms with Gasteiger partial charge in [-0.3, -0.25) is 9.59 Å². The van der Waals surface area contributed by atoms with Gasteiger partial charge in [0.05, 0.1) is 46.8 Å². The third-order valence-electron chi connectivity index (χ3n) is 8.54. The van der Waals surface area contributed by atoms with Crippen molar-refractivity contribution in [3.8, 4) is 39.5 Å². The Morgan fingerprint density at radius 2 is 1.72 bits per heavy atom. The maximum Gasteiger partial charge on any atom is 0.271 e. The molecule has 7 rings (SSSR count). The average Bonchev–Trinajstić information content (AvgIpc) is 3.90. The lowest BCUT2D eigenvalue weighted by Gasteiger charge is -2.15. The standard InChI is InChI=1S/C36H33Cl2N9O3/c1-50-36-21(16-39-18-23-9-13-32(48)43-23)8-10-28(45-36)26-6-2-4-24(33(26)37)25-5-3-7-27(34(25)38)29-11-12-31-44-30(19-47(31)46-29)35(49)41-15-14-22-17-40-20-42-22/h2-8,10-12,17,19-20,23,39H,9,13-16,18H2,1H3,(H,40,42)(H,41,49)(H,43,48)/t23-/m0/s1. The van der Waals surface area contributed by atoms with E-state index in [0.29, 0.717) is 71.0 Å². The van der Waals surface area contributed by atoms with Crippen LogP contribution in [0.25, 0.3) is 39.3 Å². The molecule has 1 saturated heterocycles. The lowest BCUT2D eigenvalue weighted by atomic mass is 9.98. The van der Waals surface area contributed by atoms with Gasteiger partial charge in [0.25, 0.3) is 5.91 Å². The van der Waals surface area contributed by atoms with Crippen molar-refractivity contribution in [2.75, 3.05) is 20.2 Å². The molecule has 1 atom stereocenters. The number of benzene rings is 2. The van der Waals surface area contributed by atoms with Crippen LogP contribution in [0, 0.1) is 0 Å². The summed E-state index contributed by atoms with van der Waals surface area (Å²) in [6.45, 7) is 1.64. The van der Waals surface area contributed by atoms with Crippen LogP contribution >= 0.6 is 23.2 Å². The van der Waals surface area contributed by atoms with Crippen LogP contribution in [0.4, 0.5) is 0 Å². The molecular weight excluding hydrogens is 677 g/mol. The monoisotopic (exact) mass is 709 g/mol. The van der Waals surface area contributed by atoms with Gasteiger partial charge in [-0.1, -0.05) is 65.7 Å². The van der Waals surface area contributed by atoms with Gasteiger partial charge >= 0.3 is 0 Å². The van der Waals surface area contributed by atoms with Crippen LogP contribution in [0.1, 0.15) is 34.6 Å². The van der Waals surface area contributed by atoms with Gasteiger partial charge in [0.1, 0.15) is 5.69 Å². The number of imidazole rings is 2. The first-order valence-corrected chi connectivity index (χ1v) is 16.9. The number of rotatable bonds is 12. The topological polar surface area (TPSA) is 151 Å². The number of carbonyl (C=O) groups is 2.